The molecule has 1 atom stereocenters. The van der Waals surface area contributed by atoms with Crippen LogP contribution < -0.4 is 10.9 Å². The van der Waals surface area contributed by atoms with Gasteiger partial charge in [0, 0.05) is 30.4 Å². The number of aryl methyl sites for hydroxylation is 2. The Hall–Kier alpha value is -2.44. The van der Waals surface area contributed by atoms with Crippen molar-refractivity contribution >= 4 is 5.91 Å². The van der Waals surface area contributed by atoms with Crippen LogP contribution in [0, 0.1) is 13.8 Å². The lowest BCUT2D eigenvalue weighted by Crippen LogP contribution is -2.42. The van der Waals surface area contributed by atoms with E-state index in [2.05, 4.69) is 15.5 Å². The lowest BCUT2D eigenvalue weighted by Gasteiger charge is -2.24. The third kappa shape index (κ3) is 3.57. The van der Waals surface area contributed by atoms with Crippen molar-refractivity contribution in [3.63, 3.8) is 0 Å². The molecule has 1 N–H and O–H groups in total. The molecule has 26 heavy (non-hydrogen) atoms. The number of aromatic nitrogens is 4. The summed E-state index contributed by atoms with van der Waals surface area (Å²) in [5, 5.41) is 12.0. The molecule has 2 aromatic rings. The lowest BCUT2D eigenvalue weighted by atomic mass is 9.95. The minimum absolute atomic E-state index is 0.150. The topological polar surface area (TPSA) is 81.8 Å². The van der Waals surface area contributed by atoms with Gasteiger partial charge in [0.1, 0.15) is 6.04 Å². The average molecular weight is 357 g/mol. The summed E-state index contributed by atoms with van der Waals surface area (Å²) in [5.74, 6) is -0.150. The number of nitrogens with one attached hydrogen (secondary N) is 1. The van der Waals surface area contributed by atoms with Crippen molar-refractivity contribution in [2.45, 2.75) is 65.0 Å². The van der Waals surface area contributed by atoms with Crippen LogP contribution in [0.4, 0.5) is 0 Å². The third-order valence-electron chi connectivity index (χ3n) is 5.29. The van der Waals surface area contributed by atoms with Gasteiger partial charge in [-0.1, -0.05) is 19.3 Å². The smallest absolute Gasteiger partial charge is 0.267 e. The van der Waals surface area contributed by atoms with E-state index >= 15 is 0 Å². The predicted octanol–water partition coefficient (Wildman–Crippen LogP) is 2.27. The molecule has 1 aliphatic rings. The molecule has 1 aliphatic carbocycles. The van der Waals surface area contributed by atoms with E-state index < -0.39 is 6.04 Å². The molecule has 0 aromatic carbocycles. The molecule has 0 spiro atoms. The number of carbonyl (C=O) groups excluding carboxylic acids is 1. The fourth-order valence-corrected chi connectivity index (χ4v) is 3.66. The fraction of sp³-hybridized carbons (Fsp3) is 0.579. The molecule has 2 heterocycles. The highest BCUT2D eigenvalue weighted by molar-refractivity contribution is 5.80. The molecule has 0 aliphatic heterocycles. The Morgan fingerprint density at radius 3 is 2.50 bits per heavy atom. The van der Waals surface area contributed by atoms with Crippen molar-refractivity contribution in [2.24, 2.45) is 7.05 Å². The Bertz CT molecular complexity index is 861. The summed E-state index contributed by atoms with van der Waals surface area (Å²) in [4.78, 5) is 24.9. The van der Waals surface area contributed by atoms with Crippen molar-refractivity contribution in [1.82, 2.24) is 24.9 Å². The summed E-state index contributed by atoms with van der Waals surface area (Å²) in [6.45, 7) is 5.60. The van der Waals surface area contributed by atoms with Crippen LogP contribution in [0.15, 0.2) is 16.9 Å². The monoisotopic (exact) mass is 357 g/mol. The number of rotatable bonds is 4. The van der Waals surface area contributed by atoms with Crippen molar-refractivity contribution in [3.05, 3.63) is 33.9 Å². The zero-order chi connectivity index (χ0) is 18.8. The van der Waals surface area contributed by atoms with E-state index in [4.69, 9.17) is 0 Å². The van der Waals surface area contributed by atoms with E-state index in [-0.39, 0.29) is 17.5 Å². The van der Waals surface area contributed by atoms with Gasteiger partial charge in [-0.2, -0.15) is 10.2 Å². The van der Waals surface area contributed by atoms with Crippen molar-refractivity contribution in [3.8, 4) is 11.3 Å². The summed E-state index contributed by atoms with van der Waals surface area (Å²) in [7, 11) is 1.88. The van der Waals surface area contributed by atoms with Gasteiger partial charge < -0.3 is 5.32 Å². The number of amides is 1. The van der Waals surface area contributed by atoms with Gasteiger partial charge in [0.25, 0.3) is 5.56 Å². The van der Waals surface area contributed by atoms with Gasteiger partial charge in [-0.3, -0.25) is 14.3 Å². The summed E-state index contributed by atoms with van der Waals surface area (Å²) >= 11 is 0. The van der Waals surface area contributed by atoms with E-state index in [1.165, 1.54) is 17.2 Å². The van der Waals surface area contributed by atoms with Crippen molar-refractivity contribution < 1.29 is 4.79 Å². The first-order chi connectivity index (χ1) is 12.4. The molecule has 3 rings (SSSR count). The van der Waals surface area contributed by atoms with E-state index in [1.54, 1.807) is 17.7 Å². The summed E-state index contributed by atoms with van der Waals surface area (Å²) in [6.07, 6.45) is 5.54. The SMILES string of the molecule is Cc1nn(C)c(C)c1-c1ccc(=O)n([C@@H](C)C(=O)NC2CCCCC2)n1. The molecule has 1 amide bonds. The number of carbonyl (C=O) groups is 1. The van der Waals surface area contributed by atoms with Gasteiger partial charge in [0.2, 0.25) is 5.91 Å². The molecule has 0 saturated heterocycles. The molecule has 0 bridgehead atoms. The van der Waals surface area contributed by atoms with E-state index in [0.29, 0.717) is 5.69 Å². The summed E-state index contributed by atoms with van der Waals surface area (Å²) in [6, 6.07) is 2.72. The van der Waals surface area contributed by atoms with Crippen LogP contribution in [-0.4, -0.2) is 31.5 Å². The lowest BCUT2D eigenvalue weighted by molar-refractivity contribution is -0.125. The van der Waals surface area contributed by atoms with Crippen molar-refractivity contribution in [2.75, 3.05) is 0 Å². The quantitative estimate of drug-likeness (QED) is 0.910. The molecule has 1 fully saturated rings. The second-order valence-electron chi connectivity index (χ2n) is 7.19. The average Bonchev–Trinajstić information content (AvgIpc) is 2.88. The highest BCUT2D eigenvalue weighted by atomic mass is 16.2. The third-order valence-corrected chi connectivity index (χ3v) is 5.29. The molecule has 0 unspecified atom stereocenters. The number of hydrogen-bond acceptors (Lipinski definition) is 4. The normalized spacial score (nSPS) is 16.5. The van der Waals surface area contributed by atoms with E-state index in [0.717, 1.165) is 42.6 Å². The Morgan fingerprint density at radius 1 is 1.19 bits per heavy atom. The first-order valence-corrected chi connectivity index (χ1v) is 9.29. The maximum Gasteiger partial charge on any atom is 0.267 e. The zero-order valence-electron chi connectivity index (χ0n) is 16.0. The zero-order valence-corrected chi connectivity index (χ0v) is 16.0. The molecular formula is C19H27N5O2. The van der Waals surface area contributed by atoms with Crippen LogP contribution in [0.25, 0.3) is 11.3 Å². The van der Waals surface area contributed by atoms with Gasteiger partial charge in [-0.15, -0.1) is 0 Å². The minimum atomic E-state index is -0.651. The van der Waals surface area contributed by atoms with Gasteiger partial charge in [-0.25, -0.2) is 4.68 Å². The maximum atomic E-state index is 12.6. The molecule has 0 radical (unpaired) electrons. The number of hydrogen-bond donors (Lipinski definition) is 1. The molecule has 2 aromatic heterocycles. The molecule has 140 valence electrons. The van der Waals surface area contributed by atoms with Crippen molar-refractivity contribution in [1.29, 1.82) is 0 Å². The summed E-state index contributed by atoms with van der Waals surface area (Å²) < 4.78 is 3.07. The Labute approximate surface area is 153 Å². The van der Waals surface area contributed by atoms with Gasteiger partial charge >= 0.3 is 0 Å². The number of nitrogens with zero attached hydrogens (tertiary/aromatic N) is 4. The van der Waals surface area contributed by atoms with E-state index in [1.807, 2.05) is 20.9 Å². The molecular weight excluding hydrogens is 330 g/mol. The van der Waals surface area contributed by atoms with E-state index in [9.17, 15) is 9.59 Å². The van der Waals surface area contributed by atoms with Crippen LogP contribution in [0.5, 0.6) is 0 Å². The first-order valence-electron chi connectivity index (χ1n) is 9.29. The molecule has 7 heteroatoms. The Morgan fingerprint density at radius 2 is 1.88 bits per heavy atom. The largest absolute Gasteiger partial charge is 0.352 e. The van der Waals surface area contributed by atoms with Gasteiger partial charge in [0.15, 0.2) is 0 Å². The second-order valence-corrected chi connectivity index (χ2v) is 7.19. The summed E-state index contributed by atoms with van der Waals surface area (Å²) in [5.41, 5.74) is 3.10. The highest BCUT2D eigenvalue weighted by Crippen LogP contribution is 2.24. The van der Waals surface area contributed by atoms with Crippen LogP contribution in [0.1, 0.15) is 56.5 Å². The van der Waals surface area contributed by atoms with Crippen LogP contribution in [-0.2, 0) is 11.8 Å². The molecule has 7 nitrogen and oxygen atoms in total. The highest BCUT2D eigenvalue weighted by Gasteiger charge is 2.23. The van der Waals surface area contributed by atoms with Gasteiger partial charge in [0.05, 0.1) is 11.4 Å². The first kappa shape index (κ1) is 18.4. The predicted molar refractivity (Wildman–Crippen MR) is 99.9 cm³/mol. The standard InChI is InChI=1S/C19H27N5O2/c1-12-18(13(2)23(4)21-12)16-10-11-17(25)24(22-16)14(3)19(26)20-15-8-6-5-7-9-15/h10-11,14-15H,5-9H2,1-4H3,(H,20,26)/t14-/m0/s1. The van der Waals surface area contributed by atoms with Crippen LogP contribution in [0.2, 0.25) is 0 Å². The van der Waals surface area contributed by atoms with Crippen LogP contribution in [0.3, 0.4) is 0 Å². The Balaban J connectivity index is 1.87. The minimum Gasteiger partial charge on any atom is -0.352 e. The fourth-order valence-electron chi connectivity index (χ4n) is 3.66. The van der Waals surface area contributed by atoms with Crippen LogP contribution >= 0.6 is 0 Å². The second kappa shape index (κ2) is 7.43. The Kier molecular flexibility index (Phi) is 5.25. The van der Waals surface area contributed by atoms with Gasteiger partial charge in [-0.05, 0) is 39.7 Å². The molecule has 1 saturated carbocycles. The maximum absolute atomic E-state index is 12.6.